The molecule has 1 aliphatic heterocycles. The standard InChI is InChI=1S/C21H22ClN3O4S/c1-14(26)23-21-24-25(15(2)27)20(30-21)16-4-8-18(9-5-16)28-12-3-13-29-19-10-6-17(22)7-11-19/h4-11,20H,3,12-13H2,1-2H3,(H,23,24,26). The topological polar surface area (TPSA) is 80.2 Å². The molecule has 0 aliphatic carbocycles. The Morgan fingerprint density at radius 3 is 2.13 bits per heavy atom. The molecule has 1 heterocycles. The quantitative estimate of drug-likeness (QED) is 0.644. The van der Waals surface area contributed by atoms with Gasteiger partial charge in [-0.3, -0.25) is 9.59 Å². The number of nitrogens with zero attached hydrogens (tertiary/aromatic N) is 2. The summed E-state index contributed by atoms with van der Waals surface area (Å²) in [6.45, 7) is 3.90. The Labute approximate surface area is 184 Å². The van der Waals surface area contributed by atoms with Crippen molar-refractivity contribution in [3.63, 3.8) is 0 Å². The van der Waals surface area contributed by atoms with Crippen molar-refractivity contribution in [3.05, 3.63) is 59.1 Å². The van der Waals surface area contributed by atoms with Crippen molar-refractivity contribution < 1.29 is 19.1 Å². The van der Waals surface area contributed by atoms with Gasteiger partial charge in [-0.05, 0) is 42.0 Å². The van der Waals surface area contributed by atoms with Gasteiger partial charge in [0, 0.05) is 25.3 Å². The number of amides is 2. The smallest absolute Gasteiger partial charge is 0.241 e. The number of hydrogen-bond donors (Lipinski definition) is 1. The number of carbonyl (C=O) groups excluding carboxylic acids is 2. The molecule has 1 N–H and O–H groups in total. The van der Waals surface area contributed by atoms with Gasteiger partial charge in [0.1, 0.15) is 16.9 Å². The van der Waals surface area contributed by atoms with Gasteiger partial charge in [0.05, 0.1) is 13.2 Å². The molecular formula is C21H22ClN3O4S. The molecule has 0 aromatic heterocycles. The van der Waals surface area contributed by atoms with Crippen molar-refractivity contribution in [2.24, 2.45) is 5.10 Å². The van der Waals surface area contributed by atoms with Crippen LogP contribution < -0.4 is 14.8 Å². The maximum Gasteiger partial charge on any atom is 0.241 e. The van der Waals surface area contributed by atoms with Crippen LogP contribution in [0.5, 0.6) is 11.5 Å². The maximum atomic E-state index is 11.9. The summed E-state index contributed by atoms with van der Waals surface area (Å²) in [7, 11) is 0. The summed E-state index contributed by atoms with van der Waals surface area (Å²) >= 11 is 7.16. The molecule has 2 aromatic carbocycles. The predicted octanol–water partition coefficient (Wildman–Crippen LogP) is 4.19. The van der Waals surface area contributed by atoms with E-state index in [1.54, 1.807) is 12.1 Å². The van der Waals surface area contributed by atoms with E-state index in [1.165, 1.54) is 30.6 Å². The van der Waals surface area contributed by atoms with Crippen molar-refractivity contribution in [1.29, 1.82) is 0 Å². The highest BCUT2D eigenvalue weighted by atomic mass is 35.5. The third-order valence-electron chi connectivity index (χ3n) is 4.05. The van der Waals surface area contributed by atoms with Crippen molar-refractivity contribution in [2.75, 3.05) is 13.2 Å². The molecule has 0 bridgehead atoms. The summed E-state index contributed by atoms with van der Waals surface area (Å²) in [6, 6.07) is 14.7. The molecule has 158 valence electrons. The third kappa shape index (κ3) is 6.14. The predicted molar refractivity (Wildman–Crippen MR) is 118 cm³/mol. The van der Waals surface area contributed by atoms with Crippen LogP contribution in [-0.4, -0.2) is 35.2 Å². The number of ether oxygens (including phenoxy) is 2. The lowest BCUT2D eigenvalue weighted by Crippen LogP contribution is -2.25. The number of carbonyl (C=O) groups is 2. The van der Waals surface area contributed by atoms with E-state index in [0.717, 1.165) is 23.5 Å². The zero-order valence-electron chi connectivity index (χ0n) is 16.6. The summed E-state index contributed by atoms with van der Waals surface area (Å²) in [5.41, 5.74) is 0.887. The summed E-state index contributed by atoms with van der Waals surface area (Å²) in [4.78, 5) is 23.2. The molecule has 2 aromatic rings. The Kier molecular flexibility index (Phi) is 7.59. The number of hydrogen-bond acceptors (Lipinski definition) is 6. The first-order valence-electron chi connectivity index (χ1n) is 9.36. The molecule has 0 radical (unpaired) electrons. The molecule has 7 nitrogen and oxygen atoms in total. The summed E-state index contributed by atoms with van der Waals surface area (Å²) < 4.78 is 11.4. The van der Waals surface area contributed by atoms with Gasteiger partial charge in [0.15, 0.2) is 5.17 Å². The van der Waals surface area contributed by atoms with Gasteiger partial charge >= 0.3 is 0 Å². The largest absolute Gasteiger partial charge is 0.493 e. The molecule has 1 atom stereocenters. The molecule has 0 saturated heterocycles. The van der Waals surface area contributed by atoms with Crippen LogP contribution in [0.2, 0.25) is 5.02 Å². The fourth-order valence-corrected chi connectivity index (χ4v) is 3.94. The zero-order chi connectivity index (χ0) is 21.5. The van der Waals surface area contributed by atoms with E-state index in [1.807, 2.05) is 36.4 Å². The van der Waals surface area contributed by atoms with Crippen molar-refractivity contribution >= 4 is 40.3 Å². The lowest BCUT2D eigenvalue weighted by atomic mass is 10.2. The van der Waals surface area contributed by atoms with E-state index >= 15 is 0 Å². The summed E-state index contributed by atoms with van der Waals surface area (Å²) in [6.07, 6.45) is 0.731. The average Bonchev–Trinajstić information content (AvgIpc) is 3.13. The highest BCUT2D eigenvalue weighted by Crippen LogP contribution is 2.39. The lowest BCUT2D eigenvalue weighted by molar-refractivity contribution is -0.129. The normalized spacial score (nSPS) is 15.5. The van der Waals surface area contributed by atoms with E-state index in [-0.39, 0.29) is 17.2 Å². The van der Waals surface area contributed by atoms with Crippen LogP contribution in [0.15, 0.2) is 53.6 Å². The average molecular weight is 448 g/mol. The SMILES string of the molecule is CC(=O)NC1=NN(C(C)=O)C(c2ccc(OCCCOc3ccc(Cl)cc3)cc2)S1. The van der Waals surface area contributed by atoms with Gasteiger partial charge in [-0.25, -0.2) is 5.01 Å². The molecule has 0 spiro atoms. The molecule has 3 rings (SSSR count). The van der Waals surface area contributed by atoms with E-state index in [4.69, 9.17) is 21.1 Å². The van der Waals surface area contributed by atoms with Crippen LogP contribution in [0, 0.1) is 0 Å². The van der Waals surface area contributed by atoms with Gasteiger partial charge in [-0.2, -0.15) is 0 Å². The monoisotopic (exact) mass is 447 g/mol. The first-order valence-corrected chi connectivity index (χ1v) is 10.6. The molecule has 1 aliphatic rings. The third-order valence-corrected chi connectivity index (χ3v) is 5.41. The van der Waals surface area contributed by atoms with Crippen LogP contribution >= 0.6 is 23.4 Å². The molecule has 1 unspecified atom stereocenters. The van der Waals surface area contributed by atoms with Gasteiger partial charge in [-0.15, -0.1) is 5.10 Å². The second kappa shape index (κ2) is 10.4. The molecular weight excluding hydrogens is 426 g/mol. The highest BCUT2D eigenvalue weighted by Gasteiger charge is 2.32. The minimum absolute atomic E-state index is 0.200. The zero-order valence-corrected chi connectivity index (χ0v) is 18.2. The molecule has 30 heavy (non-hydrogen) atoms. The summed E-state index contributed by atoms with van der Waals surface area (Å²) in [5.74, 6) is 1.07. The Morgan fingerprint density at radius 1 is 1.03 bits per heavy atom. The fourth-order valence-electron chi connectivity index (χ4n) is 2.68. The van der Waals surface area contributed by atoms with Crippen LogP contribution in [0.25, 0.3) is 0 Å². The molecule has 9 heteroatoms. The van der Waals surface area contributed by atoms with Crippen molar-refractivity contribution in [3.8, 4) is 11.5 Å². The molecule has 0 saturated carbocycles. The highest BCUT2D eigenvalue weighted by molar-refractivity contribution is 8.14. The minimum Gasteiger partial charge on any atom is -0.493 e. The number of benzene rings is 2. The van der Waals surface area contributed by atoms with Gasteiger partial charge in [0.25, 0.3) is 0 Å². The number of amidine groups is 1. The summed E-state index contributed by atoms with van der Waals surface area (Å²) in [5, 5.41) is 8.93. The number of nitrogens with one attached hydrogen (secondary N) is 1. The van der Waals surface area contributed by atoms with Crippen LogP contribution in [0.1, 0.15) is 31.2 Å². The number of thioether (sulfide) groups is 1. The molecule has 2 amide bonds. The van der Waals surface area contributed by atoms with Gasteiger partial charge in [0.2, 0.25) is 11.8 Å². The van der Waals surface area contributed by atoms with E-state index in [2.05, 4.69) is 10.4 Å². The van der Waals surface area contributed by atoms with Gasteiger partial charge < -0.3 is 14.8 Å². The molecule has 0 fully saturated rings. The van der Waals surface area contributed by atoms with Crippen molar-refractivity contribution in [1.82, 2.24) is 10.3 Å². The first-order chi connectivity index (χ1) is 14.4. The van der Waals surface area contributed by atoms with Crippen molar-refractivity contribution in [2.45, 2.75) is 25.6 Å². The first kappa shape index (κ1) is 22.0. The Balaban J connectivity index is 1.48. The Morgan fingerprint density at radius 2 is 1.60 bits per heavy atom. The minimum atomic E-state index is -0.328. The maximum absolute atomic E-state index is 11.9. The Bertz CT molecular complexity index is 919. The second-order valence-corrected chi connectivity index (χ2v) is 8.00. The van der Waals surface area contributed by atoms with E-state index in [9.17, 15) is 9.59 Å². The number of rotatable bonds is 7. The Hall–Kier alpha value is -2.71. The van der Waals surface area contributed by atoms with Gasteiger partial charge in [-0.1, -0.05) is 35.5 Å². The second-order valence-electron chi connectivity index (χ2n) is 6.49. The fraction of sp³-hybridized carbons (Fsp3) is 0.286. The van der Waals surface area contributed by atoms with Crippen LogP contribution in [0.4, 0.5) is 0 Å². The van der Waals surface area contributed by atoms with Crippen LogP contribution in [0.3, 0.4) is 0 Å². The van der Waals surface area contributed by atoms with Crippen LogP contribution in [-0.2, 0) is 9.59 Å². The van der Waals surface area contributed by atoms with E-state index in [0.29, 0.717) is 23.4 Å². The number of hydrazone groups is 1. The number of halogens is 1. The lowest BCUT2D eigenvalue weighted by Gasteiger charge is -2.19. The van der Waals surface area contributed by atoms with E-state index < -0.39 is 0 Å².